The zero-order valence-corrected chi connectivity index (χ0v) is 12.6. The van der Waals surface area contributed by atoms with E-state index in [2.05, 4.69) is 11.6 Å². The molecule has 2 heterocycles. The van der Waals surface area contributed by atoms with Crippen molar-refractivity contribution < 1.29 is 18.7 Å². The van der Waals surface area contributed by atoms with Gasteiger partial charge in [0.25, 0.3) is 5.90 Å². The molecule has 1 aromatic carbocycles. The molecule has 0 spiro atoms. The molecular formula is C18H15NO4. The quantitative estimate of drug-likeness (QED) is 0.481. The third-order valence-corrected chi connectivity index (χ3v) is 3.02. The first-order valence-electron chi connectivity index (χ1n) is 7.05. The standard InChI is InChI=1S/C18H15NO4/c1-12(2)11-22-14-7-5-13(6-8-14)10-15-18(20)23-17(19-15)16-4-3-9-21-16/h3-10H,1,11H2,2H3/b15-10-. The average Bonchev–Trinajstić information content (AvgIpc) is 3.17. The van der Waals surface area contributed by atoms with Gasteiger partial charge in [0.2, 0.25) is 0 Å². The van der Waals surface area contributed by atoms with Crippen LogP contribution < -0.4 is 4.74 Å². The SMILES string of the molecule is C=C(C)COc1ccc(/C=C2\N=C(c3ccco3)OC2=O)cc1. The van der Waals surface area contributed by atoms with Gasteiger partial charge in [-0.1, -0.05) is 18.7 Å². The second-order valence-electron chi connectivity index (χ2n) is 5.13. The van der Waals surface area contributed by atoms with Crippen molar-refractivity contribution >= 4 is 17.9 Å². The Balaban J connectivity index is 1.76. The van der Waals surface area contributed by atoms with Crippen LogP contribution in [0.25, 0.3) is 6.08 Å². The van der Waals surface area contributed by atoms with Crippen molar-refractivity contribution in [1.82, 2.24) is 0 Å². The van der Waals surface area contributed by atoms with E-state index in [1.54, 1.807) is 18.2 Å². The number of carbonyl (C=O) groups excluding carboxylic acids is 1. The van der Waals surface area contributed by atoms with E-state index in [0.29, 0.717) is 12.4 Å². The molecule has 0 saturated heterocycles. The Morgan fingerprint density at radius 2 is 2.09 bits per heavy atom. The Labute approximate surface area is 133 Å². The Hall–Kier alpha value is -3.08. The van der Waals surface area contributed by atoms with Gasteiger partial charge < -0.3 is 13.9 Å². The highest BCUT2D eigenvalue weighted by atomic mass is 16.6. The van der Waals surface area contributed by atoms with Gasteiger partial charge in [-0.15, -0.1) is 0 Å². The van der Waals surface area contributed by atoms with Crippen LogP contribution in [0.4, 0.5) is 0 Å². The minimum absolute atomic E-state index is 0.174. The smallest absolute Gasteiger partial charge is 0.363 e. The summed E-state index contributed by atoms with van der Waals surface area (Å²) in [5.74, 6) is 0.834. The molecular weight excluding hydrogens is 294 g/mol. The predicted octanol–water partition coefficient (Wildman–Crippen LogP) is 3.58. The van der Waals surface area contributed by atoms with Gasteiger partial charge in [-0.3, -0.25) is 0 Å². The number of hydrogen-bond donors (Lipinski definition) is 0. The van der Waals surface area contributed by atoms with E-state index in [4.69, 9.17) is 13.9 Å². The summed E-state index contributed by atoms with van der Waals surface area (Å²) < 4.78 is 15.8. The first kappa shape index (κ1) is 14.8. The summed E-state index contributed by atoms with van der Waals surface area (Å²) in [6.45, 7) is 6.16. The number of esters is 1. The normalized spacial score (nSPS) is 15.4. The van der Waals surface area contributed by atoms with Crippen molar-refractivity contribution in [3.8, 4) is 5.75 Å². The monoisotopic (exact) mass is 309 g/mol. The second-order valence-corrected chi connectivity index (χ2v) is 5.13. The molecule has 116 valence electrons. The molecule has 3 rings (SSSR count). The van der Waals surface area contributed by atoms with Crippen molar-refractivity contribution in [3.05, 3.63) is 71.8 Å². The molecule has 0 fully saturated rings. The molecule has 0 unspecified atom stereocenters. The van der Waals surface area contributed by atoms with Crippen molar-refractivity contribution in [3.63, 3.8) is 0 Å². The summed E-state index contributed by atoms with van der Waals surface area (Å²) in [6, 6.07) is 10.7. The van der Waals surface area contributed by atoms with E-state index in [0.717, 1.165) is 16.9 Å². The molecule has 0 radical (unpaired) electrons. The molecule has 0 aliphatic carbocycles. The highest BCUT2D eigenvalue weighted by Gasteiger charge is 2.25. The summed E-state index contributed by atoms with van der Waals surface area (Å²) in [5.41, 5.74) is 2.00. The number of benzene rings is 1. The maximum Gasteiger partial charge on any atom is 0.363 e. The van der Waals surface area contributed by atoms with Crippen LogP contribution in [0.15, 0.2) is 69.9 Å². The van der Waals surface area contributed by atoms with Gasteiger partial charge in [-0.05, 0) is 48.4 Å². The molecule has 0 amide bonds. The number of ether oxygens (including phenoxy) is 2. The molecule has 0 saturated carbocycles. The van der Waals surface area contributed by atoms with Gasteiger partial charge in [-0.2, -0.15) is 0 Å². The fourth-order valence-corrected chi connectivity index (χ4v) is 1.94. The predicted molar refractivity (Wildman–Crippen MR) is 86.1 cm³/mol. The maximum absolute atomic E-state index is 11.8. The Bertz CT molecular complexity index is 783. The summed E-state index contributed by atoms with van der Waals surface area (Å²) in [5, 5.41) is 0. The molecule has 5 heteroatoms. The lowest BCUT2D eigenvalue weighted by atomic mass is 10.2. The van der Waals surface area contributed by atoms with Crippen molar-refractivity contribution in [1.29, 1.82) is 0 Å². The molecule has 2 aromatic rings. The van der Waals surface area contributed by atoms with E-state index in [9.17, 15) is 4.79 Å². The minimum Gasteiger partial charge on any atom is -0.489 e. The third-order valence-electron chi connectivity index (χ3n) is 3.02. The number of furan rings is 1. The van der Waals surface area contributed by atoms with Crippen LogP contribution in [-0.2, 0) is 9.53 Å². The van der Waals surface area contributed by atoms with Gasteiger partial charge in [0.15, 0.2) is 11.5 Å². The van der Waals surface area contributed by atoms with Crippen LogP contribution in [0.3, 0.4) is 0 Å². The van der Waals surface area contributed by atoms with E-state index in [1.807, 2.05) is 31.2 Å². The first-order chi connectivity index (χ1) is 11.1. The number of carbonyl (C=O) groups is 1. The number of hydrogen-bond acceptors (Lipinski definition) is 5. The molecule has 5 nitrogen and oxygen atoms in total. The number of rotatable bonds is 5. The van der Waals surface area contributed by atoms with Crippen molar-refractivity contribution in [2.24, 2.45) is 4.99 Å². The highest BCUT2D eigenvalue weighted by molar-refractivity contribution is 6.11. The van der Waals surface area contributed by atoms with Crippen molar-refractivity contribution in [2.75, 3.05) is 6.61 Å². The van der Waals surface area contributed by atoms with Gasteiger partial charge >= 0.3 is 5.97 Å². The highest BCUT2D eigenvalue weighted by Crippen LogP contribution is 2.20. The van der Waals surface area contributed by atoms with Crippen molar-refractivity contribution in [2.45, 2.75) is 6.92 Å². The molecule has 0 bridgehead atoms. The molecule has 0 N–H and O–H groups in total. The Morgan fingerprint density at radius 1 is 1.30 bits per heavy atom. The summed E-state index contributed by atoms with van der Waals surface area (Å²) in [7, 11) is 0. The summed E-state index contributed by atoms with van der Waals surface area (Å²) in [4.78, 5) is 16.0. The third kappa shape index (κ3) is 3.58. The van der Waals surface area contributed by atoms with Crippen LogP contribution in [0.2, 0.25) is 0 Å². The van der Waals surface area contributed by atoms with Gasteiger partial charge in [-0.25, -0.2) is 9.79 Å². The summed E-state index contributed by atoms with van der Waals surface area (Å²) >= 11 is 0. The number of aliphatic imine (C=N–C) groups is 1. The van der Waals surface area contributed by atoms with Gasteiger partial charge in [0.1, 0.15) is 12.4 Å². The topological polar surface area (TPSA) is 61.0 Å². The van der Waals surface area contributed by atoms with Crippen LogP contribution in [0.1, 0.15) is 18.2 Å². The lowest BCUT2D eigenvalue weighted by molar-refractivity contribution is -0.130. The molecule has 1 aromatic heterocycles. The molecule has 1 aliphatic heterocycles. The summed E-state index contributed by atoms with van der Waals surface area (Å²) in [6.07, 6.45) is 3.15. The molecule has 0 atom stereocenters. The fourth-order valence-electron chi connectivity index (χ4n) is 1.94. The zero-order chi connectivity index (χ0) is 16.2. The lowest BCUT2D eigenvalue weighted by Gasteiger charge is -2.05. The zero-order valence-electron chi connectivity index (χ0n) is 12.6. The first-order valence-corrected chi connectivity index (χ1v) is 7.05. The minimum atomic E-state index is -0.501. The fraction of sp³-hybridized carbons (Fsp3) is 0.111. The number of nitrogens with zero attached hydrogens (tertiary/aromatic N) is 1. The van der Waals surface area contributed by atoms with Gasteiger partial charge in [0.05, 0.1) is 6.26 Å². The van der Waals surface area contributed by atoms with E-state index in [-0.39, 0.29) is 11.6 Å². The Morgan fingerprint density at radius 3 is 2.74 bits per heavy atom. The molecule has 1 aliphatic rings. The average molecular weight is 309 g/mol. The lowest BCUT2D eigenvalue weighted by Crippen LogP contribution is -2.04. The maximum atomic E-state index is 11.8. The molecule has 23 heavy (non-hydrogen) atoms. The van der Waals surface area contributed by atoms with Crippen LogP contribution in [0, 0.1) is 0 Å². The van der Waals surface area contributed by atoms with E-state index < -0.39 is 5.97 Å². The Kier molecular flexibility index (Phi) is 4.10. The van der Waals surface area contributed by atoms with E-state index in [1.165, 1.54) is 6.26 Å². The largest absolute Gasteiger partial charge is 0.489 e. The second kappa shape index (κ2) is 6.36. The van der Waals surface area contributed by atoms with Gasteiger partial charge in [0, 0.05) is 0 Å². The van der Waals surface area contributed by atoms with E-state index >= 15 is 0 Å². The van der Waals surface area contributed by atoms with Crippen LogP contribution in [-0.4, -0.2) is 18.5 Å². The number of cyclic esters (lactones) is 1. The van der Waals surface area contributed by atoms with Crippen LogP contribution in [0.5, 0.6) is 5.75 Å². The van der Waals surface area contributed by atoms with Crippen LogP contribution >= 0.6 is 0 Å².